The maximum absolute atomic E-state index is 13.0. The zero-order chi connectivity index (χ0) is 20.5. The third-order valence-corrected chi connectivity index (χ3v) is 5.76. The minimum absolute atomic E-state index is 0.118. The molecule has 0 bridgehead atoms. The largest absolute Gasteiger partial charge is 0.463 e. The van der Waals surface area contributed by atoms with Gasteiger partial charge in [0.1, 0.15) is 5.69 Å². The summed E-state index contributed by atoms with van der Waals surface area (Å²) in [5, 5.41) is 11.2. The van der Waals surface area contributed by atoms with E-state index in [1.165, 1.54) is 0 Å². The van der Waals surface area contributed by atoms with E-state index in [9.17, 15) is 4.79 Å². The zero-order valence-electron chi connectivity index (χ0n) is 16.8. The second-order valence-electron chi connectivity index (χ2n) is 7.47. The highest BCUT2D eigenvalue weighted by atomic mass is 32.1. The lowest BCUT2D eigenvalue weighted by Crippen LogP contribution is -2.23. The molecule has 29 heavy (non-hydrogen) atoms. The molecule has 0 atom stereocenters. The van der Waals surface area contributed by atoms with Crippen molar-refractivity contribution in [1.82, 2.24) is 25.1 Å². The van der Waals surface area contributed by atoms with Crippen LogP contribution >= 0.6 is 11.3 Å². The molecule has 1 amide bonds. The molecule has 150 valence electrons. The van der Waals surface area contributed by atoms with Gasteiger partial charge < -0.3 is 9.73 Å². The molecule has 0 spiro atoms. The normalized spacial score (nSPS) is 11.7. The van der Waals surface area contributed by atoms with Gasteiger partial charge in [-0.3, -0.25) is 4.79 Å². The van der Waals surface area contributed by atoms with Crippen LogP contribution in [-0.4, -0.2) is 25.7 Å². The van der Waals surface area contributed by atoms with Gasteiger partial charge in [0.2, 0.25) is 0 Å². The average molecular weight is 410 g/mol. The summed E-state index contributed by atoms with van der Waals surface area (Å²) in [6.45, 7) is 8.65. The number of carbonyl (C=O) groups excluding carboxylic acids is 1. The lowest BCUT2D eigenvalue weighted by Gasteiger charge is -2.10. The van der Waals surface area contributed by atoms with Crippen LogP contribution in [0, 0.1) is 0 Å². The van der Waals surface area contributed by atoms with Crippen molar-refractivity contribution in [2.75, 3.05) is 0 Å². The van der Waals surface area contributed by atoms with Crippen molar-refractivity contribution < 1.29 is 9.21 Å². The quantitative estimate of drug-likeness (QED) is 0.495. The maximum Gasteiger partial charge on any atom is 0.252 e. The molecule has 0 radical (unpaired) electrons. The predicted octanol–water partition coefficient (Wildman–Crippen LogP) is 4.78. The van der Waals surface area contributed by atoms with Crippen molar-refractivity contribution in [3.8, 4) is 11.5 Å². The Bertz CT molecular complexity index is 1140. The fourth-order valence-electron chi connectivity index (χ4n) is 3.07. The highest BCUT2D eigenvalue weighted by molar-refractivity contribution is 7.09. The summed E-state index contributed by atoms with van der Waals surface area (Å²) in [5.74, 6) is 0.799. The molecule has 4 aromatic rings. The number of carbonyl (C=O) groups is 1. The number of furan rings is 1. The third kappa shape index (κ3) is 3.80. The number of hydrogen-bond acceptors (Lipinski definition) is 6. The number of aromatic nitrogens is 4. The van der Waals surface area contributed by atoms with Crippen LogP contribution in [0.15, 0.2) is 40.5 Å². The number of rotatable bonds is 6. The van der Waals surface area contributed by atoms with Gasteiger partial charge in [-0.15, -0.1) is 11.3 Å². The summed E-state index contributed by atoms with van der Waals surface area (Å²) >= 11 is 1.62. The lowest BCUT2D eigenvalue weighted by molar-refractivity contribution is 0.0952. The SMILES string of the molecule is CC(C)c1nc(CNC(=O)c2cc(-c3ccco3)nc3c2cnn3C(C)C)cs1. The molecule has 8 heteroatoms. The van der Waals surface area contributed by atoms with E-state index >= 15 is 0 Å². The Balaban J connectivity index is 1.68. The molecule has 0 unspecified atom stereocenters. The molecule has 0 saturated carbocycles. The Morgan fingerprint density at radius 1 is 1.28 bits per heavy atom. The highest BCUT2D eigenvalue weighted by Crippen LogP contribution is 2.27. The Hall–Kier alpha value is -3.00. The van der Waals surface area contributed by atoms with Gasteiger partial charge in [-0.25, -0.2) is 14.6 Å². The van der Waals surface area contributed by atoms with Crippen LogP contribution in [-0.2, 0) is 6.54 Å². The van der Waals surface area contributed by atoms with E-state index in [1.54, 1.807) is 35.9 Å². The van der Waals surface area contributed by atoms with Gasteiger partial charge in [-0.05, 0) is 32.0 Å². The molecular weight excluding hydrogens is 386 g/mol. The molecule has 7 nitrogen and oxygen atoms in total. The van der Waals surface area contributed by atoms with Crippen molar-refractivity contribution in [2.45, 2.75) is 46.2 Å². The molecule has 0 aliphatic heterocycles. The Morgan fingerprint density at radius 2 is 2.10 bits per heavy atom. The number of nitrogens with one attached hydrogen (secondary N) is 1. The first-order valence-electron chi connectivity index (χ1n) is 9.58. The Kier molecular flexibility index (Phi) is 5.19. The average Bonchev–Trinajstić information content (AvgIpc) is 3.45. The smallest absolute Gasteiger partial charge is 0.252 e. The van der Waals surface area contributed by atoms with Gasteiger partial charge in [0, 0.05) is 17.3 Å². The summed E-state index contributed by atoms with van der Waals surface area (Å²) < 4.78 is 7.32. The fourth-order valence-corrected chi connectivity index (χ4v) is 3.90. The van der Waals surface area contributed by atoms with Crippen molar-refractivity contribution in [1.29, 1.82) is 0 Å². The summed E-state index contributed by atoms with van der Waals surface area (Å²) in [4.78, 5) is 22.3. The molecular formula is C21H23N5O2S. The first-order chi connectivity index (χ1) is 13.9. The maximum atomic E-state index is 13.0. The van der Waals surface area contributed by atoms with Crippen LogP contribution in [0.5, 0.6) is 0 Å². The molecule has 0 aliphatic carbocycles. The number of nitrogens with zero attached hydrogens (tertiary/aromatic N) is 4. The predicted molar refractivity (Wildman–Crippen MR) is 113 cm³/mol. The molecule has 0 saturated heterocycles. The van der Waals surface area contributed by atoms with Gasteiger partial charge in [0.05, 0.1) is 40.7 Å². The number of pyridine rings is 1. The minimum atomic E-state index is -0.187. The van der Waals surface area contributed by atoms with Crippen LogP contribution in [0.3, 0.4) is 0 Å². The topological polar surface area (TPSA) is 85.8 Å². The number of thiazole rings is 1. The molecule has 0 fully saturated rings. The molecule has 0 aliphatic rings. The van der Waals surface area contributed by atoms with Crippen LogP contribution in [0.25, 0.3) is 22.5 Å². The first-order valence-corrected chi connectivity index (χ1v) is 10.5. The number of hydrogen-bond donors (Lipinski definition) is 1. The van der Waals surface area contributed by atoms with Crippen molar-refractivity contribution in [2.24, 2.45) is 0 Å². The number of amides is 1. The lowest BCUT2D eigenvalue weighted by atomic mass is 10.1. The Labute approximate surface area is 172 Å². The number of fused-ring (bicyclic) bond motifs is 1. The van der Waals surface area contributed by atoms with Crippen LogP contribution < -0.4 is 5.32 Å². The molecule has 4 rings (SSSR count). The minimum Gasteiger partial charge on any atom is -0.463 e. The molecule has 4 aromatic heterocycles. The second kappa shape index (κ2) is 7.79. The standard InChI is InChI=1S/C21H23N5O2S/c1-12(2)21-24-14(11-29-21)9-22-20(27)15-8-17(18-6-5-7-28-18)25-19-16(15)10-23-26(19)13(3)4/h5-8,10-13H,9H2,1-4H3,(H,22,27). The van der Waals surface area contributed by atoms with Gasteiger partial charge in [0.15, 0.2) is 11.4 Å². The van der Waals surface area contributed by atoms with E-state index < -0.39 is 0 Å². The summed E-state index contributed by atoms with van der Waals surface area (Å²) in [6.07, 6.45) is 3.29. The van der Waals surface area contributed by atoms with Gasteiger partial charge >= 0.3 is 0 Å². The monoisotopic (exact) mass is 409 g/mol. The van der Waals surface area contributed by atoms with E-state index in [2.05, 4.69) is 29.2 Å². The van der Waals surface area contributed by atoms with Crippen molar-refractivity contribution >= 4 is 28.3 Å². The van der Waals surface area contributed by atoms with Crippen LogP contribution in [0.1, 0.15) is 60.7 Å². The van der Waals surface area contributed by atoms with E-state index in [4.69, 9.17) is 9.40 Å². The van der Waals surface area contributed by atoms with Crippen LogP contribution in [0.4, 0.5) is 0 Å². The van der Waals surface area contributed by atoms with E-state index in [1.807, 2.05) is 30.0 Å². The van der Waals surface area contributed by atoms with Crippen molar-refractivity contribution in [3.05, 3.63) is 52.3 Å². The summed E-state index contributed by atoms with van der Waals surface area (Å²) in [5.41, 5.74) is 2.65. The zero-order valence-corrected chi connectivity index (χ0v) is 17.7. The fraction of sp³-hybridized carbons (Fsp3) is 0.333. The second-order valence-corrected chi connectivity index (χ2v) is 8.36. The molecule has 0 aromatic carbocycles. The summed E-state index contributed by atoms with van der Waals surface area (Å²) in [7, 11) is 0. The molecule has 1 N–H and O–H groups in total. The van der Waals surface area contributed by atoms with E-state index in [0.717, 1.165) is 10.7 Å². The highest BCUT2D eigenvalue weighted by Gasteiger charge is 2.19. The van der Waals surface area contributed by atoms with Gasteiger partial charge in [-0.1, -0.05) is 13.8 Å². The van der Waals surface area contributed by atoms with Crippen LogP contribution in [0.2, 0.25) is 0 Å². The van der Waals surface area contributed by atoms with E-state index in [-0.39, 0.29) is 11.9 Å². The third-order valence-electron chi connectivity index (χ3n) is 4.57. The van der Waals surface area contributed by atoms with E-state index in [0.29, 0.717) is 40.5 Å². The van der Waals surface area contributed by atoms with Crippen molar-refractivity contribution in [3.63, 3.8) is 0 Å². The van der Waals surface area contributed by atoms with Gasteiger partial charge in [0.25, 0.3) is 5.91 Å². The Morgan fingerprint density at radius 3 is 2.76 bits per heavy atom. The molecule has 4 heterocycles. The summed E-state index contributed by atoms with van der Waals surface area (Å²) in [6, 6.07) is 5.50. The van der Waals surface area contributed by atoms with Gasteiger partial charge in [-0.2, -0.15) is 5.10 Å². The first kappa shape index (κ1) is 19.3.